The Morgan fingerprint density at radius 3 is 2.76 bits per heavy atom. The van der Waals surface area contributed by atoms with Gasteiger partial charge in [-0.15, -0.1) is 0 Å². The van der Waals surface area contributed by atoms with Crippen molar-refractivity contribution < 1.29 is 18.3 Å². The van der Waals surface area contributed by atoms with E-state index in [1.807, 2.05) is 17.0 Å². The van der Waals surface area contributed by atoms with Crippen LogP contribution in [-0.4, -0.2) is 72.7 Å². The molecular formula is C21H31N3O4S. The third-order valence-corrected chi connectivity index (χ3v) is 8.16. The number of likely N-dealkylation sites (tertiary alicyclic amines) is 1. The zero-order valence-electron chi connectivity index (χ0n) is 17.1. The standard InChI is InChI=1S/C21H31N3O4S/c1-29(27,28)24-12-5-10-21(24)11-13-23(14-19(21)25)15-20(26)22-18-9-4-7-16-6-2-3-8-17(16)18/h4,7,9,19,25H,2-3,5-6,8,10-15H2,1H3,(H,22,26)/t19-,21-/m0/s1. The summed E-state index contributed by atoms with van der Waals surface area (Å²) in [5, 5.41) is 13.9. The van der Waals surface area contributed by atoms with Crippen LogP contribution in [0.5, 0.6) is 0 Å². The summed E-state index contributed by atoms with van der Waals surface area (Å²) in [6.45, 7) is 1.58. The largest absolute Gasteiger partial charge is 0.390 e. The van der Waals surface area contributed by atoms with Gasteiger partial charge in [0.05, 0.1) is 24.4 Å². The Bertz CT molecular complexity index is 888. The average molecular weight is 422 g/mol. The Hall–Kier alpha value is -1.48. The van der Waals surface area contributed by atoms with Gasteiger partial charge in [-0.05, 0) is 62.1 Å². The van der Waals surface area contributed by atoms with Gasteiger partial charge in [0.2, 0.25) is 15.9 Å². The van der Waals surface area contributed by atoms with Crippen molar-refractivity contribution in [3.8, 4) is 0 Å². The molecule has 2 saturated heterocycles. The van der Waals surface area contributed by atoms with Crippen molar-refractivity contribution >= 4 is 21.6 Å². The molecule has 2 N–H and O–H groups in total. The number of β-amino-alcohol motifs (C(OH)–C–C–N with tert-alkyl or cyclic N) is 1. The number of fused-ring (bicyclic) bond motifs is 1. The number of rotatable bonds is 4. The van der Waals surface area contributed by atoms with E-state index in [2.05, 4.69) is 11.4 Å². The third kappa shape index (κ3) is 4.08. The van der Waals surface area contributed by atoms with Gasteiger partial charge in [-0.1, -0.05) is 12.1 Å². The van der Waals surface area contributed by atoms with Gasteiger partial charge in [0.1, 0.15) is 0 Å². The van der Waals surface area contributed by atoms with Crippen molar-refractivity contribution in [3.63, 3.8) is 0 Å². The zero-order chi connectivity index (χ0) is 20.6. The van der Waals surface area contributed by atoms with Gasteiger partial charge in [0, 0.05) is 25.3 Å². The molecule has 1 aromatic rings. The molecule has 2 fully saturated rings. The Morgan fingerprint density at radius 1 is 1.21 bits per heavy atom. The highest BCUT2D eigenvalue weighted by atomic mass is 32.2. The molecule has 160 valence electrons. The minimum atomic E-state index is -3.36. The predicted octanol–water partition coefficient (Wildman–Crippen LogP) is 1.36. The number of nitrogens with zero attached hydrogens (tertiary/aromatic N) is 2. The van der Waals surface area contributed by atoms with Crippen LogP contribution < -0.4 is 5.32 Å². The van der Waals surface area contributed by atoms with Crippen LogP contribution in [0.2, 0.25) is 0 Å². The van der Waals surface area contributed by atoms with Gasteiger partial charge in [-0.2, -0.15) is 4.31 Å². The fraction of sp³-hybridized carbons (Fsp3) is 0.667. The minimum Gasteiger partial charge on any atom is -0.390 e. The first-order valence-corrected chi connectivity index (χ1v) is 12.4. The second-order valence-electron chi connectivity index (χ2n) is 8.74. The molecule has 0 bridgehead atoms. The molecule has 2 atom stereocenters. The number of aryl methyl sites for hydroxylation is 1. The Labute approximate surface area is 173 Å². The average Bonchev–Trinajstić information content (AvgIpc) is 3.11. The first-order valence-electron chi connectivity index (χ1n) is 10.6. The van der Waals surface area contributed by atoms with Gasteiger partial charge in [0.15, 0.2) is 0 Å². The van der Waals surface area contributed by atoms with E-state index in [1.54, 1.807) is 0 Å². The first kappa shape index (κ1) is 20.8. The number of aliphatic hydroxyl groups excluding tert-OH is 1. The van der Waals surface area contributed by atoms with E-state index in [0.717, 1.165) is 31.4 Å². The molecule has 1 spiro atoms. The molecule has 1 aliphatic carbocycles. The van der Waals surface area contributed by atoms with Crippen LogP contribution in [0.25, 0.3) is 0 Å². The summed E-state index contributed by atoms with van der Waals surface area (Å²) < 4.78 is 25.8. The lowest BCUT2D eigenvalue weighted by Gasteiger charge is -2.47. The molecular weight excluding hydrogens is 390 g/mol. The van der Waals surface area contributed by atoms with Crippen LogP contribution in [0.4, 0.5) is 5.69 Å². The fourth-order valence-electron chi connectivity index (χ4n) is 5.41. The normalized spacial score (nSPS) is 28.4. The van der Waals surface area contributed by atoms with Crippen molar-refractivity contribution in [1.82, 2.24) is 9.21 Å². The first-order chi connectivity index (χ1) is 13.8. The van der Waals surface area contributed by atoms with Crippen LogP contribution in [0, 0.1) is 0 Å². The number of carbonyl (C=O) groups excluding carboxylic acids is 1. The molecule has 8 heteroatoms. The van der Waals surface area contributed by atoms with Crippen molar-refractivity contribution in [2.45, 2.75) is 56.6 Å². The molecule has 0 aromatic heterocycles. The Morgan fingerprint density at radius 2 is 2.00 bits per heavy atom. The molecule has 1 aromatic carbocycles. The van der Waals surface area contributed by atoms with Gasteiger partial charge in [0.25, 0.3) is 0 Å². The second kappa shape index (κ2) is 7.98. The summed E-state index contributed by atoms with van der Waals surface area (Å²) in [7, 11) is -3.36. The summed E-state index contributed by atoms with van der Waals surface area (Å²) in [5.74, 6) is -0.0847. The number of hydrogen-bond donors (Lipinski definition) is 2. The number of benzene rings is 1. The van der Waals surface area contributed by atoms with Gasteiger partial charge < -0.3 is 10.4 Å². The number of hydrogen-bond acceptors (Lipinski definition) is 5. The van der Waals surface area contributed by atoms with E-state index in [1.165, 1.54) is 28.1 Å². The SMILES string of the molecule is CS(=O)(=O)N1CCC[C@@]12CCN(CC(=O)Nc1cccc3c1CCCC3)C[C@@H]2O. The highest BCUT2D eigenvalue weighted by molar-refractivity contribution is 7.88. The Balaban J connectivity index is 1.39. The lowest BCUT2D eigenvalue weighted by Crippen LogP contribution is -2.63. The molecule has 4 rings (SSSR count). The van der Waals surface area contributed by atoms with Gasteiger partial charge in [-0.3, -0.25) is 9.69 Å². The number of sulfonamides is 1. The zero-order valence-corrected chi connectivity index (χ0v) is 17.9. The maximum atomic E-state index is 12.7. The lowest BCUT2D eigenvalue weighted by atomic mass is 9.83. The van der Waals surface area contributed by atoms with Crippen LogP contribution in [0.3, 0.4) is 0 Å². The van der Waals surface area contributed by atoms with Crippen LogP contribution in [-0.2, 0) is 27.7 Å². The lowest BCUT2D eigenvalue weighted by molar-refractivity contribution is -0.119. The summed E-state index contributed by atoms with van der Waals surface area (Å²) in [6.07, 6.45) is 6.84. The molecule has 0 saturated carbocycles. The highest BCUT2D eigenvalue weighted by Gasteiger charge is 2.52. The molecule has 7 nitrogen and oxygen atoms in total. The van der Waals surface area contributed by atoms with Crippen molar-refractivity contribution in [2.24, 2.45) is 0 Å². The molecule has 0 radical (unpaired) electrons. The minimum absolute atomic E-state index is 0.0847. The van der Waals surface area contributed by atoms with Crippen LogP contribution in [0.15, 0.2) is 18.2 Å². The van der Waals surface area contributed by atoms with Crippen molar-refractivity contribution in [1.29, 1.82) is 0 Å². The topological polar surface area (TPSA) is 90.0 Å². The maximum Gasteiger partial charge on any atom is 0.238 e. The van der Waals surface area contributed by atoms with E-state index < -0.39 is 21.7 Å². The monoisotopic (exact) mass is 421 g/mol. The van der Waals surface area contributed by atoms with E-state index >= 15 is 0 Å². The fourth-order valence-corrected chi connectivity index (χ4v) is 6.84. The van der Waals surface area contributed by atoms with Crippen molar-refractivity contribution in [2.75, 3.05) is 37.8 Å². The van der Waals surface area contributed by atoms with Gasteiger partial charge >= 0.3 is 0 Å². The summed E-state index contributed by atoms with van der Waals surface area (Å²) >= 11 is 0. The molecule has 29 heavy (non-hydrogen) atoms. The maximum absolute atomic E-state index is 12.7. The molecule has 2 aliphatic heterocycles. The summed E-state index contributed by atoms with van der Waals surface area (Å²) in [4.78, 5) is 14.6. The van der Waals surface area contributed by atoms with Crippen LogP contribution in [0.1, 0.15) is 43.2 Å². The van der Waals surface area contributed by atoms with E-state index in [-0.39, 0.29) is 12.5 Å². The highest BCUT2D eigenvalue weighted by Crippen LogP contribution is 2.40. The molecule has 1 amide bonds. The van der Waals surface area contributed by atoms with E-state index in [4.69, 9.17) is 0 Å². The molecule has 2 heterocycles. The van der Waals surface area contributed by atoms with E-state index in [0.29, 0.717) is 32.5 Å². The number of aliphatic hydroxyl groups is 1. The number of piperidine rings is 1. The van der Waals surface area contributed by atoms with E-state index in [9.17, 15) is 18.3 Å². The summed E-state index contributed by atoms with van der Waals surface area (Å²) in [6, 6.07) is 6.10. The van der Waals surface area contributed by atoms with Crippen molar-refractivity contribution in [3.05, 3.63) is 29.3 Å². The van der Waals surface area contributed by atoms with Crippen LogP contribution >= 0.6 is 0 Å². The van der Waals surface area contributed by atoms with Gasteiger partial charge in [-0.25, -0.2) is 8.42 Å². The number of nitrogens with one attached hydrogen (secondary N) is 1. The number of carbonyl (C=O) groups is 1. The number of amides is 1. The smallest absolute Gasteiger partial charge is 0.238 e. The number of anilines is 1. The quantitative estimate of drug-likeness (QED) is 0.766. The molecule has 3 aliphatic rings. The predicted molar refractivity (Wildman–Crippen MR) is 112 cm³/mol. The Kier molecular flexibility index (Phi) is 5.72. The second-order valence-corrected chi connectivity index (χ2v) is 10.6. The molecule has 0 unspecified atom stereocenters. The summed E-state index contributed by atoms with van der Waals surface area (Å²) in [5.41, 5.74) is 2.77. The third-order valence-electron chi connectivity index (χ3n) is 6.82.